The van der Waals surface area contributed by atoms with Gasteiger partial charge in [-0.1, -0.05) is 60.7 Å². The van der Waals surface area contributed by atoms with Crippen molar-refractivity contribution in [3.63, 3.8) is 0 Å². The molecule has 0 heterocycles. The van der Waals surface area contributed by atoms with Gasteiger partial charge in [0.15, 0.2) is 0 Å². The second kappa shape index (κ2) is 11.6. The molecule has 0 bridgehead atoms. The van der Waals surface area contributed by atoms with Gasteiger partial charge < -0.3 is 14.8 Å². The molecule has 0 aliphatic carbocycles. The molecular weight excluding hydrogens is 372 g/mol. The van der Waals surface area contributed by atoms with E-state index in [1.54, 1.807) is 0 Å². The van der Waals surface area contributed by atoms with Crippen molar-refractivity contribution in [2.75, 3.05) is 20.8 Å². The lowest BCUT2D eigenvalue weighted by Crippen LogP contribution is -2.53. The van der Waals surface area contributed by atoms with Gasteiger partial charge in [0.25, 0.3) is 0 Å². The minimum atomic E-state index is -0.741. The zero-order valence-electron chi connectivity index (χ0n) is 16.6. The number of hydrogen-bond acceptors (Lipinski definition) is 6. The highest BCUT2D eigenvalue weighted by atomic mass is 16.5. The summed E-state index contributed by atoms with van der Waals surface area (Å²) in [5, 5.41) is 5.66. The minimum absolute atomic E-state index is 0.246. The van der Waals surface area contributed by atoms with Crippen LogP contribution in [0.4, 0.5) is 0 Å². The third kappa shape index (κ3) is 7.38. The van der Waals surface area contributed by atoms with Crippen LogP contribution in [0.5, 0.6) is 0 Å². The van der Waals surface area contributed by atoms with E-state index in [2.05, 4.69) is 15.4 Å². The molecule has 2 aromatic carbocycles. The molecule has 29 heavy (non-hydrogen) atoms. The van der Waals surface area contributed by atoms with Crippen LogP contribution in [0.15, 0.2) is 60.7 Å². The summed E-state index contributed by atoms with van der Waals surface area (Å²) in [5.41, 5.74) is 1.85. The average Bonchev–Trinajstić information content (AvgIpc) is 2.76. The lowest BCUT2D eigenvalue weighted by atomic mass is 10.0. The van der Waals surface area contributed by atoms with Gasteiger partial charge in [0.2, 0.25) is 5.91 Å². The van der Waals surface area contributed by atoms with Crippen LogP contribution in [0.25, 0.3) is 0 Å². The van der Waals surface area contributed by atoms with Gasteiger partial charge in [0.1, 0.15) is 12.6 Å². The number of esters is 2. The van der Waals surface area contributed by atoms with E-state index >= 15 is 0 Å². The number of rotatable bonds is 10. The van der Waals surface area contributed by atoms with E-state index in [4.69, 9.17) is 4.74 Å². The Morgan fingerprint density at radius 2 is 1.31 bits per heavy atom. The summed E-state index contributed by atoms with van der Waals surface area (Å²) in [7, 11) is 2.56. The van der Waals surface area contributed by atoms with Crippen LogP contribution in [0, 0.1) is 0 Å². The zero-order valence-corrected chi connectivity index (χ0v) is 16.6. The van der Waals surface area contributed by atoms with Gasteiger partial charge in [0, 0.05) is 0 Å². The molecule has 1 amide bonds. The van der Waals surface area contributed by atoms with Gasteiger partial charge in [-0.25, -0.2) is 0 Å². The molecule has 2 atom stereocenters. The topological polar surface area (TPSA) is 93.7 Å². The first-order valence-electron chi connectivity index (χ1n) is 9.29. The van der Waals surface area contributed by atoms with Crippen molar-refractivity contribution in [2.24, 2.45) is 0 Å². The predicted molar refractivity (Wildman–Crippen MR) is 108 cm³/mol. The molecule has 0 fully saturated rings. The molecule has 2 rings (SSSR count). The quantitative estimate of drug-likeness (QED) is 0.586. The van der Waals surface area contributed by atoms with Crippen molar-refractivity contribution < 1.29 is 23.9 Å². The lowest BCUT2D eigenvalue weighted by Gasteiger charge is -2.24. The van der Waals surface area contributed by atoms with Gasteiger partial charge in [-0.05, 0) is 24.0 Å². The Bertz CT molecular complexity index is 795. The lowest BCUT2D eigenvalue weighted by molar-refractivity contribution is -0.144. The fraction of sp³-hybridized carbons (Fsp3) is 0.318. The predicted octanol–water partition coefficient (Wildman–Crippen LogP) is 1.26. The van der Waals surface area contributed by atoms with Gasteiger partial charge in [-0.15, -0.1) is 0 Å². The number of carbonyl (C=O) groups is 3. The Labute approximate surface area is 170 Å². The third-order valence-electron chi connectivity index (χ3n) is 4.40. The van der Waals surface area contributed by atoms with E-state index in [0.717, 1.165) is 11.1 Å². The maximum atomic E-state index is 12.7. The van der Waals surface area contributed by atoms with Crippen LogP contribution >= 0.6 is 0 Å². The smallest absolute Gasteiger partial charge is 0.325 e. The normalized spacial score (nSPS) is 12.5. The fourth-order valence-electron chi connectivity index (χ4n) is 2.88. The van der Waals surface area contributed by atoms with E-state index in [1.807, 2.05) is 60.7 Å². The monoisotopic (exact) mass is 398 g/mol. The van der Waals surface area contributed by atoms with Gasteiger partial charge >= 0.3 is 11.9 Å². The van der Waals surface area contributed by atoms with E-state index in [1.165, 1.54) is 14.2 Å². The van der Waals surface area contributed by atoms with E-state index in [9.17, 15) is 14.4 Å². The number of carbonyl (C=O) groups excluding carboxylic acids is 3. The van der Waals surface area contributed by atoms with Crippen molar-refractivity contribution in [3.05, 3.63) is 71.8 Å². The summed E-state index contributed by atoms with van der Waals surface area (Å²) in [6, 6.07) is 17.4. The molecule has 2 aromatic rings. The number of nitrogens with one attached hydrogen (secondary N) is 2. The van der Waals surface area contributed by atoms with Crippen molar-refractivity contribution in [3.8, 4) is 0 Å². The highest BCUT2D eigenvalue weighted by Gasteiger charge is 2.27. The first-order chi connectivity index (χ1) is 14.0. The second-order valence-corrected chi connectivity index (χ2v) is 6.47. The molecule has 0 saturated heterocycles. The van der Waals surface area contributed by atoms with Gasteiger partial charge in [0.05, 0.1) is 20.3 Å². The SMILES string of the molecule is COC(=O)CNC(=O)C(Cc1ccccc1)N[C@@H](Cc1ccccc1)C(=O)OC. The van der Waals surface area contributed by atoms with Crippen LogP contribution < -0.4 is 10.6 Å². The molecule has 7 heteroatoms. The number of methoxy groups -OCH3 is 2. The van der Waals surface area contributed by atoms with Crippen LogP contribution in [0.1, 0.15) is 11.1 Å². The number of amides is 1. The highest BCUT2D eigenvalue weighted by molar-refractivity contribution is 5.86. The average molecular weight is 398 g/mol. The molecular formula is C22H26N2O5. The molecule has 2 N–H and O–H groups in total. The van der Waals surface area contributed by atoms with E-state index in [-0.39, 0.29) is 6.54 Å². The molecule has 0 radical (unpaired) electrons. The molecule has 0 aromatic heterocycles. The van der Waals surface area contributed by atoms with Crippen LogP contribution in [-0.4, -0.2) is 50.7 Å². The Morgan fingerprint density at radius 3 is 1.79 bits per heavy atom. The Kier molecular flexibility index (Phi) is 8.85. The van der Waals surface area contributed by atoms with Crippen LogP contribution in [0.2, 0.25) is 0 Å². The summed E-state index contributed by atoms with van der Waals surface area (Å²) >= 11 is 0. The van der Waals surface area contributed by atoms with Crippen LogP contribution in [-0.2, 0) is 36.7 Å². The molecule has 1 unspecified atom stereocenters. The summed E-state index contributed by atoms with van der Waals surface area (Å²) in [6.07, 6.45) is 0.708. The first kappa shape index (κ1) is 22.1. The van der Waals surface area contributed by atoms with Crippen molar-refractivity contribution in [1.29, 1.82) is 0 Å². The fourth-order valence-corrected chi connectivity index (χ4v) is 2.88. The molecule has 0 spiro atoms. The van der Waals surface area contributed by atoms with Crippen molar-refractivity contribution in [1.82, 2.24) is 10.6 Å². The third-order valence-corrected chi connectivity index (χ3v) is 4.40. The van der Waals surface area contributed by atoms with Gasteiger partial charge in [-0.3, -0.25) is 19.7 Å². The maximum Gasteiger partial charge on any atom is 0.325 e. The van der Waals surface area contributed by atoms with E-state index < -0.39 is 29.9 Å². The molecule has 0 saturated carbocycles. The highest BCUT2D eigenvalue weighted by Crippen LogP contribution is 2.09. The largest absolute Gasteiger partial charge is 0.468 e. The summed E-state index contributed by atoms with van der Waals surface area (Å²) in [6.45, 7) is -0.246. The number of ether oxygens (including phenoxy) is 2. The van der Waals surface area contributed by atoms with E-state index in [0.29, 0.717) is 12.8 Å². The Hall–Kier alpha value is -3.19. The van der Waals surface area contributed by atoms with Crippen LogP contribution in [0.3, 0.4) is 0 Å². The minimum Gasteiger partial charge on any atom is -0.468 e. The molecule has 154 valence electrons. The Morgan fingerprint density at radius 1 is 0.793 bits per heavy atom. The van der Waals surface area contributed by atoms with Crippen molar-refractivity contribution in [2.45, 2.75) is 24.9 Å². The van der Waals surface area contributed by atoms with Crippen molar-refractivity contribution >= 4 is 17.8 Å². The molecule has 7 nitrogen and oxygen atoms in total. The zero-order chi connectivity index (χ0) is 21.1. The summed E-state index contributed by atoms with van der Waals surface area (Å²) in [4.78, 5) is 36.5. The summed E-state index contributed by atoms with van der Waals surface area (Å²) in [5.74, 6) is -1.42. The summed E-state index contributed by atoms with van der Waals surface area (Å²) < 4.78 is 9.49. The molecule has 0 aliphatic heterocycles. The second-order valence-electron chi connectivity index (χ2n) is 6.47. The standard InChI is InChI=1S/C22H26N2O5/c1-28-20(25)15-23-21(26)18(13-16-9-5-3-6-10-16)24-19(22(27)29-2)14-17-11-7-4-8-12-17/h3-12,18-19,24H,13-15H2,1-2H3,(H,23,26)/t18?,19-/m0/s1. The molecule has 0 aliphatic rings. The maximum absolute atomic E-state index is 12.7. The van der Waals surface area contributed by atoms with Gasteiger partial charge in [-0.2, -0.15) is 0 Å². The first-order valence-corrected chi connectivity index (χ1v) is 9.29. The number of benzene rings is 2. The Balaban J connectivity index is 2.18. The number of hydrogen-bond donors (Lipinski definition) is 2.